The van der Waals surface area contributed by atoms with Crippen molar-refractivity contribution in [3.05, 3.63) is 0 Å². The Kier molecular flexibility index (Phi) is 12.2. The molecule has 6 nitrogen and oxygen atoms in total. The second-order valence-corrected chi connectivity index (χ2v) is 3.95. The molecule has 0 amide bonds. The maximum Gasteiger partial charge on any atom is 0.304 e. The molecule has 0 fully saturated rings. The van der Waals surface area contributed by atoms with Crippen molar-refractivity contribution in [3.8, 4) is 0 Å². The van der Waals surface area contributed by atoms with E-state index < -0.39 is 11.9 Å². The molecule has 0 aromatic carbocycles. The lowest BCUT2D eigenvalue weighted by Crippen LogP contribution is -2.07. The molecule has 0 spiro atoms. The zero-order valence-corrected chi connectivity index (χ0v) is 10.7. The molecule has 0 saturated heterocycles. The van der Waals surface area contributed by atoms with Gasteiger partial charge in [-0.3, -0.25) is 9.59 Å². The number of aliphatic carboxylic acids is 2. The summed E-state index contributed by atoms with van der Waals surface area (Å²) in [6, 6.07) is 0. The van der Waals surface area contributed by atoms with Gasteiger partial charge in [0, 0.05) is 18.3 Å². The van der Waals surface area contributed by atoms with Gasteiger partial charge in [-0.15, -0.1) is 0 Å². The lowest BCUT2D eigenvalue weighted by Gasteiger charge is -1.99. The van der Waals surface area contributed by atoms with Crippen LogP contribution < -0.4 is 0 Å². The maximum atomic E-state index is 10.0. The third-order valence-corrected chi connectivity index (χ3v) is 2.20. The van der Waals surface area contributed by atoms with Crippen molar-refractivity contribution in [2.45, 2.75) is 39.5 Å². The Bertz CT molecular complexity index is 274. The van der Waals surface area contributed by atoms with Gasteiger partial charge in [-0.2, -0.15) is 0 Å². The smallest absolute Gasteiger partial charge is 0.304 e. The molecule has 0 radical (unpaired) electrons. The van der Waals surface area contributed by atoms with E-state index in [9.17, 15) is 19.2 Å². The van der Waals surface area contributed by atoms with Crippen LogP contribution in [0, 0.1) is 11.8 Å². The molecule has 0 aromatic rings. The maximum absolute atomic E-state index is 10.0. The SMILES string of the molecule is CC(C=O)CCC(=O)O.CCC(C=O)CC(=O)O. The van der Waals surface area contributed by atoms with Crippen LogP contribution in [0.3, 0.4) is 0 Å². The number of carboxylic acid groups (broad SMARTS) is 2. The van der Waals surface area contributed by atoms with Gasteiger partial charge in [-0.05, 0) is 12.8 Å². The Balaban J connectivity index is 0. The van der Waals surface area contributed by atoms with Gasteiger partial charge < -0.3 is 19.8 Å². The molecule has 0 aromatic heterocycles. The zero-order chi connectivity index (χ0) is 14.6. The number of carbonyl (C=O) groups is 4. The number of rotatable bonds is 8. The standard InChI is InChI=1S/2C6H10O3/c1-5(4-7)2-3-6(8)9;1-2-5(4-7)3-6(8)9/h2*4-5H,2-3H2,1H3,(H,8,9). The summed E-state index contributed by atoms with van der Waals surface area (Å²) in [6.07, 6.45) is 2.55. The minimum atomic E-state index is -0.908. The molecular weight excluding hydrogens is 240 g/mol. The van der Waals surface area contributed by atoms with Crippen LogP contribution in [0.4, 0.5) is 0 Å². The van der Waals surface area contributed by atoms with E-state index in [1.807, 2.05) is 0 Å². The Morgan fingerprint density at radius 2 is 1.67 bits per heavy atom. The number of carbonyl (C=O) groups excluding carboxylic acids is 2. The molecule has 0 aliphatic heterocycles. The monoisotopic (exact) mass is 260 g/mol. The Labute approximate surface area is 106 Å². The van der Waals surface area contributed by atoms with Gasteiger partial charge in [0.25, 0.3) is 0 Å². The fourth-order valence-corrected chi connectivity index (χ4v) is 0.932. The summed E-state index contributed by atoms with van der Waals surface area (Å²) in [7, 11) is 0. The number of aldehydes is 2. The summed E-state index contributed by atoms with van der Waals surface area (Å²) in [5.41, 5.74) is 0. The average molecular weight is 260 g/mol. The van der Waals surface area contributed by atoms with Crippen LogP contribution >= 0.6 is 0 Å². The largest absolute Gasteiger partial charge is 0.481 e. The summed E-state index contributed by atoms with van der Waals surface area (Å²) >= 11 is 0. The van der Waals surface area contributed by atoms with Crippen LogP contribution in [0.25, 0.3) is 0 Å². The van der Waals surface area contributed by atoms with E-state index in [1.54, 1.807) is 13.8 Å². The summed E-state index contributed by atoms with van der Waals surface area (Å²) in [5, 5.41) is 16.3. The Morgan fingerprint density at radius 3 is 1.89 bits per heavy atom. The lowest BCUT2D eigenvalue weighted by atomic mass is 10.1. The van der Waals surface area contributed by atoms with E-state index in [2.05, 4.69) is 0 Å². The summed E-state index contributed by atoms with van der Waals surface area (Å²) in [4.78, 5) is 39.8. The van der Waals surface area contributed by atoms with Gasteiger partial charge in [-0.25, -0.2) is 0 Å². The first-order valence-corrected chi connectivity index (χ1v) is 5.71. The van der Waals surface area contributed by atoms with E-state index in [-0.39, 0.29) is 24.7 Å². The van der Waals surface area contributed by atoms with Crippen LogP contribution in [0.2, 0.25) is 0 Å². The first-order chi connectivity index (χ1) is 8.37. The van der Waals surface area contributed by atoms with Crippen LogP contribution in [0.15, 0.2) is 0 Å². The molecule has 6 heteroatoms. The van der Waals surface area contributed by atoms with Gasteiger partial charge in [0.15, 0.2) is 0 Å². The molecule has 0 aliphatic carbocycles. The molecular formula is C12H20O6. The summed E-state index contributed by atoms with van der Waals surface area (Å²) in [6.45, 7) is 3.50. The van der Waals surface area contributed by atoms with Gasteiger partial charge >= 0.3 is 11.9 Å². The predicted octanol–water partition coefficient (Wildman–Crippen LogP) is 1.37. The zero-order valence-electron chi connectivity index (χ0n) is 10.7. The normalized spacial score (nSPS) is 12.6. The summed E-state index contributed by atoms with van der Waals surface area (Å²) in [5.74, 6) is -2.18. The molecule has 0 saturated carbocycles. The molecule has 0 bridgehead atoms. The van der Waals surface area contributed by atoms with Crippen LogP contribution in [0.1, 0.15) is 39.5 Å². The first kappa shape index (κ1) is 18.6. The van der Waals surface area contributed by atoms with E-state index in [1.165, 1.54) is 0 Å². The number of hydrogen-bond donors (Lipinski definition) is 2. The lowest BCUT2D eigenvalue weighted by molar-refractivity contribution is -0.139. The van der Waals surface area contributed by atoms with Crippen molar-refractivity contribution in [2.24, 2.45) is 11.8 Å². The van der Waals surface area contributed by atoms with Gasteiger partial charge in [0.2, 0.25) is 0 Å². The quantitative estimate of drug-likeness (QED) is 0.638. The highest BCUT2D eigenvalue weighted by Crippen LogP contribution is 2.03. The van der Waals surface area contributed by atoms with Crippen LogP contribution in [-0.2, 0) is 19.2 Å². The van der Waals surface area contributed by atoms with E-state index >= 15 is 0 Å². The third-order valence-electron chi connectivity index (χ3n) is 2.20. The van der Waals surface area contributed by atoms with Crippen molar-refractivity contribution in [1.82, 2.24) is 0 Å². The fourth-order valence-electron chi connectivity index (χ4n) is 0.932. The van der Waals surface area contributed by atoms with E-state index in [0.29, 0.717) is 19.1 Å². The predicted molar refractivity (Wildman–Crippen MR) is 64.2 cm³/mol. The van der Waals surface area contributed by atoms with Gasteiger partial charge in [0.1, 0.15) is 12.6 Å². The number of carboxylic acids is 2. The van der Waals surface area contributed by atoms with Gasteiger partial charge in [0.05, 0.1) is 6.42 Å². The summed E-state index contributed by atoms with van der Waals surface area (Å²) < 4.78 is 0. The highest BCUT2D eigenvalue weighted by Gasteiger charge is 2.08. The average Bonchev–Trinajstić information content (AvgIpc) is 2.33. The molecule has 18 heavy (non-hydrogen) atoms. The Hall–Kier alpha value is -1.72. The first-order valence-electron chi connectivity index (χ1n) is 5.71. The molecule has 0 rings (SSSR count). The van der Waals surface area contributed by atoms with Crippen molar-refractivity contribution < 1.29 is 29.4 Å². The topological polar surface area (TPSA) is 109 Å². The molecule has 2 N–H and O–H groups in total. The van der Waals surface area contributed by atoms with E-state index in [0.717, 1.165) is 6.29 Å². The molecule has 2 unspecified atom stereocenters. The minimum Gasteiger partial charge on any atom is -0.481 e. The van der Waals surface area contributed by atoms with Crippen LogP contribution in [0.5, 0.6) is 0 Å². The molecule has 0 heterocycles. The van der Waals surface area contributed by atoms with Crippen molar-refractivity contribution in [2.75, 3.05) is 0 Å². The van der Waals surface area contributed by atoms with Gasteiger partial charge in [-0.1, -0.05) is 13.8 Å². The minimum absolute atomic E-state index is 0.0417. The molecule has 2 atom stereocenters. The molecule has 0 aliphatic rings. The van der Waals surface area contributed by atoms with Crippen molar-refractivity contribution in [1.29, 1.82) is 0 Å². The fraction of sp³-hybridized carbons (Fsp3) is 0.667. The van der Waals surface area contributed by atoms with E-state index in [4.69, 9.17) is 10.2 Å². The second kappa shape index (κ2) is 11.8. The Morgan fingerprint density at radius 1 is 1.11 bits per heavy atom. The van der Waals surface area contributed by atoms with Crippen LogP contribution in [-0.4, -0.2) is 34.7 Å². The second-order valence-electron chi connectivity index (χ2n) is 3.95. The highest BCUT2D eigenvalue weighted by atomic mass is 16.4. The van der Waals surface area contributed by atoms with Crippen molar-refractivity contribution in [3.63, 3.8) is 0 Å². The molecule has 104 valence electrons. The van der Waals surface area contributed by atoms with Crippen molar-refractivity contribution >= 4 is 24.5 Å². The third kappa shape index (κ3) is 14.3. The highest BCUT2D eigenvalue weighted by molar-refractivity contribution is 5.71. The number of hydrogen-bond acceptors (Lipinski definition) is 4.